The minimum absolute atomic E-state index is 0.0370. The molecular formula is C9H12N4S. The molecule has 4 N–H and O–H groups in total. The topological polar surface area (TPSA) is 66.7 Å². The minimum Gasteiger partial charge on any atom is -0.347 e. The lowest BCUT2D eigenvalue weighted by Crippen LogP contribution is -2.29. The van der Waals surface area contributed by atoms with Gasteiger partial charge in [0.2, 0.25) is 0 Å². The summed E-state index contributed by atoms with van der Waals surface area (Å²) in [5.41, 5.74) is 4.00. The van der Waals surface area contributed by atoms with Gasteiger partial charge in [-0.3, -0.25) is 5.84 Å². The van der Waals surface area contributed by atoms with Gasteiger partial charge in [-0.15, -0.1) is 11.3 Å². The van der Waals surface area contributed by atoms with Crippen LogP contribution in [0.25, 0.3) is 0 Å². The molecule has 1 atom stereocenters. The molecule has 0 spiro atoms. The van der Waals surface area contributed by atoms with Crippen molar-refractivity contribution in [3.8, 4) is 0 Å². The number of thiophene rings is 1. The molecule has 0 aliphatic carbocycles. The molecule has 14 heavy (non-hydrogen) atoms. The Balaban J connectivity index is 2.36. The first-order chi connectivity index (χ1) is 6.83. The van der Waals surface area contributed by atoms with Gasteiger partial charge in [0, 0.05) is 17.3 Å². The van der Waals surface area contributed by atoms with Gasteiger partial charge >= 0.3 is 0 Å². The zero-order valence-corrected chi connectivity index (χ0v) is 8.64. The van der Waals surface area contributed by atoms with Gasteiger partial charge in [0.25, 0.3) is 0 Å². The van der Waals surface area contributed by atoms with Crippen LogP contribution >= 0.6 is 11.3 Å². The Labute approximate surface area is 86.1 Å². The lowest BCUT2D eigenvalue weighted by atomic mass is 10.1. The molecule has 5 heteroatoms. The van der Waals surface area contributed by atoms with E-state index in [1.165, 1.54) is 10.4 Å². The average Bonchev–Trinajstić information content (AvgIpc) is 2.80. The molecule has 0 aliphatic heterocycles. The second-order valence-corrected chi connectivity index (χ2v) is 3.99. The molecule has 0 amide bonds. The highest BCUT2D eigenvalue weighted by Crippen LogP contribution is 2.26. The first kappa shape index (κ1) is 9.39. The molecule has 0 saturated heterocycles. The van der Waals surface area contributed by atoms with E-state index >= 15 is 0 Å². The number of nitrogens with one attached hydrogen (secondary N) is 2. The monoisotopic (exact) mass is 208 g/mol. The number of H-pyrrole nitrogens is 1. The van der Waals surface area contributed by atoms with Gasteiger partial charge in [-0.1, -0.05) is 0 Å². The number of imidazole rings is 1. The fraction of sp³-hybridized carbons (Fsp3) is 0.222. The molecule has 4 nitrogen and oxygen atoms in total. The Morgan fingerprint density at radius 3 is 3.00 bits per heavy atom. The molecule has 0 aromatic carbocycles. The summed E-state index contributed by atoms with van der Waals surface area (Å²) in [6.07, 6.45) is 3.52. The third-order valence-corrected chi connectivity index (χ3v) is 3.21. The van der Waals surface area contributed by atoms with Gasteiger partial charge in [-0.05, 0) is 23.9 Å². The molecule has 0 fully saturated rings. The highest BCUT2D eigenvalue weighted by molar-refractivity contribution is 7.10. The molecule has 2 rings (SSSR count). The van der Waals surface area contributed by atoms with E-state index in [9.17, 15) is 0 Å². The normalized spacial score (nSPS) is 13.0. The van der Waals surface area contributed by atoms with Crippen molar-refractivity contribution in [2.24, 2.45) is 5.84 Å². The van der Waals surface area contributed by atoms with E-state index in [2.05, 4.69) is 33.8 Å². The summed E-state index contributed by atoms with van der Waals surface area (Å²) >= 11 is 1.68. The predicted molar refractivity (Wildman–Crippen MR) is 56.8 cm³/mol. The third kappa shape index (κ3) is 1.57. The summed E-state index contributed by atoms with van der Waals surface area (Å²) in [5.74, 6) is 6.37. The van der Waals surface area contributed by atoms with Crippen molar-refractivity contribution in [2.75, 3.05) is 0 Å². The van der Waals surface area contributed by atoms with Crippen molar-refractivity contribution in [1.29, 1.82) is 0 Å². The van der Waals surface area contributed by atoms with Crippen molar-refractivity contribution in [3.63, 3.8) is 0 Å². The van der Waals surface area contributed by atoms with Crippen molar-refractivity contribution >= 4 is 11.3 Å². The van der Waals surface area contributed by atoms with Crippen LogP contribution in [0.1, 0.15) is 22.3 Å². The third-order valence-electron chi connectivity index (χ3n) is 2.12. The number of hydrogen-bond acceptors (Lipinski definition) is 4. The van der Waals surface area contributed by atoms with Gasteiger partial charge in [0.1, 0.15) is 11.9 Å². The second-order valence-electron chi connectivity index (χ2n) is 3.04. The number of hydrogen-bond donors (Lipinski definition) is 3. The summed E-state index contributed by atoms with van der Waals surface area (Å²) in [6, 6.07) is 2.04. The standard InChI is InChI=1S/C9H12N4S/c1-6-2-5-14-8(6)7(13-10)9-11-3-4-12-9/h2-5,7,13H,10H2,1H3,(H,11,12). The summed E-state index contributed by atoms with van der Waals surface area (Å²) in [7, 11) is 0. The quantitative estimate of drug-likeness (QED) is 0.526. The maximum atomic E-state index is 5.52. The van der Waals surface area contributed by atoms with Crippen LogP contribution < -0.4 is 11.3 Å². The second kappa shape index (κ2) is 3.91. The van der Waals surface area contributed by atoms with Crippen molar-refractivity contribution in [1.82, 2.24) is 15.4 Å². The molecule has 2 aromatic heterocycles. The molecule has 0 bridgehead atoms. The Hall–Kier alpha value is -1.17. The molecule has 1 unspecified atom stereocenters. The van der Waals surface area contributed by atoms with Crippen LogP contribution in [0, 0.1) is 6.92 Å². The van der Waals surface area contributed by atoms with Crippen molar-refractivity contribution in [3.05, 3.63) is 40.1 Å². The van der Waals surface area contributed by atoms with Crippen molar-refractivity contribution in [2.45, 2.75) is 13.0 Å². The van der Waals surface area contributed by atoms with Crippen LogP contribution in [0.5, 0.6) is 0 Å². The predicted octanol–water partition coefficient (Wildman–Crippen LogP) is 1.33. The van der Waals surface area contributed by atoms with Crippen LogP contribution in [0.15, 0.2) is 23.8 Å². The summed E-state index contributed by atoms with van der Waals surface area (Å²) < 4.78 is 0. The molecule has 74 valence electrons. The number of aromatic nitrogens is 2. The average molecular weight is 208 g/mol. The Morgan fingerprint density at radius 1 is 1.64 bits per heavy atom. The molecule has 2 heterocycles. The van der Waals surface area contributed by atoms with Gasteiger partial charge < -0.3 is 4.98 Å². The zero-order chi connectivity index (χ0) is 9.97. The molecular weight excluding hydrogens is 196 g/mol. The van der Waals surface area contributed by atoms with E-state index in [-0.39, 0.29) is 6.04 Å². The highest BCUT2D eigenvalue weighted by atomic mass is 32.1. The van der Waals surface area contributed by atoms with E-state index in [1.807, 2.05) is 0 Å². The summed E-state index contributed by atoms with van der Waals surface area (Å²) in [5, 5.41) is 2.05. The molecule has 0 saturated carbocycles. The van der Waals surface area contributed by atoms with Crippen LogP contribution in [-0.2, 0) is 0 Å². The number of aryl methyl sites for hydroxylation is 1. The van der Waals surface area contributed by atoms with E-state index < -0.39 is 0 Å². The smallest absolute Gasteiger partial charge is 0.129 e. The minimum atomic E-state index is -0.0370. The van der Waals surface area contributed by atoms with Gasteiger partial charge in [-0.2, -0.15) is 0 Å². The maximum Gasteiger partial charge on any atom is 0.129 e. The lowest BCUT2D eigenvalue weighted by molar-refractivity contribution is 0.614. The zero-order valence-electron chi connectivity index (χ0n) is 7.82. The van der Waals surface area contributed by atoms with Crippen LogP contribution in [0.2, 0.25) is 0 Å². The van der Waals surface area contributed by atoms with Crippen molar-refractivity contribution < 1.29 is 0 Å². The fourth-order valence-corrected chi connectivity index (χ4v) is 2.38. The summed E-state index contributed by atoms with van der Waals surface area (Å²) in [4.78, 5) is 8.45. The Bertz CT molecular complexity index is 393. The van der Waals surface area contributed by atoms with E-state index in [0.717, 1.165) is 5.82 Å². The largest absolute Gasteiger partial charge is 0.347 e. The molecule has 0 aliphatic rings. The first-order valence-electron chi connectivity index (χ1n) is 4.32. The summed E-state index contributed by atoms with van der Waals surface area (Å²) in [6.45, 7) is 2.07. The van der Waals surface area contributed by atoms with Gasteiger partial charge in [0.05, 0.1) is 0 Å². The number of nitrogens with two attached hydrogens (primary N) is 1. The van der Waals surface area contributed by atoms with Crippen LogP contribution in [-0.4, -0.2) is 9.97 Å². The Morgan fingerprint density at radius 2 is 2.50 bits per heavy atom. The highest BCUT2D eigenvalue weighted by Gasteiger charge is 2.17. The number of nitrogens with zero attached hydrogens (tertiary/aromatic N) is 1. The van der Waals surface area contributed by atoms with Crippen LogP contribution in [0.4, 0.5) is 0 Å². The lowest BCUT2D eigenvalue weighted by Gasteiger charge is -2.12. The number of rotatable bonds is 3. The Kier molecular flexibility index (Phi) is 2.62. The van der Waals surface area contributed by atoms with E-state index in [4.69, 9.17) is 5.84 Å². The van der Waals surface area contributed by atoms with Crippen LogP contribution in [0.3, 0.4) is 0 Å². The molecule has 0 radical (unpaired) electrons. The number of hydrazine groups is 1. The van der Waals surface area contributed by atoms with Gasteiger partial charge in [0.15, 0.2) is 0 Å². The maximum absolute atomic E-state index is 5.52. The fourth-order valence-electron chi connectivity index (χ4n) is 1.39. The van der Waals surface area contributed by atoms with Gasteiger partial charge in [-0.25, -0.2) is 10.4 Å². The first-order valence-corrected chi connectivity index (χ1v) is 5.20. The number of aromatic amines is 1. The van der Waals surface area contributed by atoms with E-state index in [1.54, 1.807) is 23.7 Å². The van der Waals surface area contributed by atoms with E-state index in [0.29, 0.717) is 0 Å². The SMILES string of the molecule is Cc1ccsc1C(NN)c1ncc[nH]1. The molecule has 2 aromatic rings.